The molecule has 1 heterocycles. The van der Waals surface area contributed by atoms with Crippen LogP contribution in [0.25, 0.3) is 0 Å². The highest BCUT2D eigenvalue weighted by atomic mass is 35.5. The number of carbonyl (C=O) groups is 2. The zero-order chi connectivity index (χ0) is 16.7. The predicted molar refractivity (Wildman–Crippen MR) is 87.5 cm³/mol. The maximum atomic E-state index is 12.3. The first kappa shape index (κ1) is 16.8. The number of benzene rings is 1. The Hall–Kier alpha value is -2.54. The Morgan fingerprint density at radius 2 is 1.96 bits per heavy atom. The summed E-state index contributed by atoms with van der Waals surface area (Å²) in [6, 6.07) is 7.91. The number of hydrogen-bond acceptors (Lipinski definition) is 4. The van der Waals surface area contributed by atoms with E-state index in [-0.39, 0.29) is 18.5 Å². The normalized spacial score (nSPS) is 10.2. The van der Waals surface area contributed by atoms with Crippen molar-refractivity contribution in [2.45, 2.75) is 13.3 Å². The van der Waals surface area contributed by atoms with Gasteiger partial charge in [-0.15, -0.1) is 0 Å². The molecule has 3 amide bonds. The fourth-order valence-electron chi connectivity index (χ4n) is 1.89. The number of amides is 3. The molecule has 0 unspecified atom stereocenters. The van der Waals surface area contributed by atoms with Gasteiger partial charge in [0.15, 0.2) is 5.82 Å². The lowest BCUT2D eigenvalue weighted by Gasteiger charge is -2.21. The van der Waals surface area contributed by atoms with Gasteiger partial charge in [-0.25, -0.2) is 4.79 Å². The Kier molecular flexibility index (Phi) is 5.99. The second-order valence-corrected chi connectivity index (χ2v) is 5.23. The first-order chi connectivity index (χ1) is 11.1. The van der Waals surface area contributed by atoms with Crippen molar-refractivity contribution in [3.63, 3.8) is 0 Å². The van der Waals surface area contributed by atoms with Crippen LogP contribution in [0.5, 0.6) is 0 Å². The van der Waals surface area contributed by atoms with E-state index >= 15 is 0 Å². The molecule has 0 saturated carbocycles. The van der Waals surface area contributed by atoms with E-state index in [0.717, 1.165) is 6.42 Å². The minimum Gasteiger partial charge on any atom is -0.363 e. The van der Waals surface area contributed by atoms with Gasteiger partial charge in [0.05, 0.1) is 0 Å². The molecule has 0 spiro atoms. The molecule has 1 aromatic carbocycles. The van der Waals surface area contributed by atoms with E-state index in [0.29, 0.717) is 23.1 Å². The van der Waals surface area contributed by atoms with Crippen molar-refractivity contribution in [2.24, 2.45) is 0 Å². The van der Waals surface area contributed by atoms with Crippen molar-refractivity contribution in [1.82, 2.24) is 10.1 Å². The number of nitrogens with one attached hydrogen (secondary N) is 2. The average molecular weight is 337 g/mol. The van der Waals surface area contributed by atoms with E-state index in [1.165, 1.54) is 17.2 Å². The van der Waals surface area contributed by atoms with Crippen LogP contribution in [-0.4, -0.2) is 35.1 Å². The molecule has 0 saturated heterocycles. The van der Waals surface area contributed by atoms with E-state index in [1.54, 1.807) is 24.3 Å². The summed E-state index contributed by atoms with van der Waals surface area (Å²) >= 11 is 5.81. The van der Waals surface area contributed by atoms with Crippen LogP contribution in [0.2, 0.25) is 5.02 Å². The summed E-state index contributed by atoms with van der Waals surface area (Å²) in [5.74, 6) is -0.0387. The molecular formula is C15H17ClN4O3. The fourth-order valence-corrected chi connectivity index (χ4v) is 2.02. The summed E-state index contributed by atoms with van der Waals surface area (Å²) in [4.78, 5) is 25.7. The fraction of sp³-hybridized carbons (Fsp3) is 0.267. The lowest BCUT2D eigenvalue weighted by atomic mass is 10.3. The molecule has 0 aliphatic carbocycles. The van der Waals surface area contributed by atoms with Crippen molar-refractivity contribution in [3.05, 3.63) is 41.6 Å². The number of anilines is 2. The van der Waals surface area contributed by atoms with Crippen molar-refractivity contribution in [2.75, 3.05) is 23.7 Å². The van der Waals surface area contributed by atoms with Crippen LogP contribution < -0.4 is 10.6 Å². The van der Waals surface area contributed by atoms with Crippen LogP contribution in [-0.2, 0) is 4.79 Å². The van der Waals surface area contributed by atoms with Crippen molar-refractivity contribution < 1.29 is 14.1 Å². The largest absolute Gasteiger partial charge is 0.363 e. The van der Waals surface area contributed by atoms with Gasteiger partial charge in [-0.1, -0.05) is 23.7 Å². The maximum Gasteiger partial charge on any atom is 0.322 e. The van der Waals surface area contributed by atoms with Crippen LogP contribution >= 0.6 is 11.6 Å². The number of rotatable bonds is 6. The summed E-state index contributed by atoms with van der Waals surface area (Å²) < 4.78 is 4.64. The minimum absolute atomic E-state index is 0.0832. The molecule has 2 rings (SSSR count). The Labute approximate surface area is 138 Å². The highest BCUT2D eigenvalue weighted by Crippen LogP contribution is 2.14. The van der Waals surface area contributed by atoms with Crippen molar-refractivity contribution in [3.8, 4) is 0 Å². The first-order valence-corrected chi connectivity index (χ1v) is 7.48. The van der Waals surface area contributed by atoms with E-state index in [9.17, 15) is 9.59 Å². The molecular weight excluding hydrogens is 320 g/mol. The summed E-state index contributed by atoms with van der Waals surface area (Å²) in [6.45, 7) is 2.30. The third-order valence-corrected chi connectivity index (χ3v) is 3.17. The summed E-state index contributed by atoms with van der Waals surface area (Å²) in [7, 11) is 0. The highest BCUT2D eigenvalue weighted by Gasteiger charge is 2.17. The molecule has 122 valence electrons. The Bertz CT molecular complexity index is 643. The van der Waals surface area contributed by atoms with Crippen LogP contribution in [0.15, 0.2) is 41.1 Å². The first-order valence-electron chi connectivity index (χ1n) is 7.10. The molecule has 7 nitrogen and oxygen atoms in total. The molecule has 0 bridgehead atoms. The Balaban J connectivity index is 1.94. The molecule has 0 fully saturated rings. The van der Waals surface area contributed by atoms with Crippen molar-refractivity contribution in [1.29, 1.82) is 0 Å². The number of nitrogens with zero attached hydrogens (tertiary/aromatic N) is 2. The number of urea groups is 1. The summed E-state index contributed by atoms with van der Waals surface area (Å²) in [5.41, 5.74) is 0.609. The van der Waals surface area contributed by atoms with E-state index in [1.807, 2.05) is 6.92 Å². The lowest BCUT2D eigenvalue weighted by Crippen LogP contribution is -2.41. The molecule has 2 aromatic rings. The van der Waals surface area contributed by atoms with Gasteiger partial charge in [-0.3, -0.25) is 4.79 Å². The molecule has 0 aliphatic rings. The van der Waals surface area contributed by atoms with Crippen LogP contribution in [0, 0.1) is 0 Å². The number of hydrogen-bond donors (Lipinski definition) is 2. The molecule has 8 heteroatoms. The molecule has 2 N–H and O–H groups in total. The maximum absolute atomic E-state index is 12.3. The summed E-state index contributed by atoms with van der Waals surface area (Å²) in [5, 5.41) is 9.46. The second kappa shape index (κ2) is 8.19. The standard InChI is InChI=1S/C15H17ClN4O3/c1-2-8-20(10-14(21)18-13-7-9-23-19-13)15(22)17-12-5-3-11(16)4-6-12/h3-7,9H,2,8,10H2,1H3,(H,17,22)(H,18,19,21). The van der Waals surface area contributed by atoms with Crippen LogP contribution in [0.1, 0.15) is 13.3 Å². The number of aromatic nitrogens is 1. The number of halogens is 1. The Morgan fingerprint density at radius 1 is 1.22 bits per heavy atom. The van der Waals surface area contributed by atoms with Gasteiger partial charge < -0.3 is 20.1 Å². The van der Waals surface area contributed by atoms with Gasteiger partial charge in [-0.05, 0) is 30.7 Å². The van der Waals surface area contributed by atoms with Gasteiger partial charge in [0.2, 0.25) is 5.91 Å². The average Bonchev–Trinajstić information content (AvgIpc) is 3.02. The zero-order valence-corrected chi connectivity index (χ0v) is 13.3. The van der Waals surface area contributed by atoms with Gasteiger partial charge >= 0.3 is 6.03 Å². The Morgan fingerprint density at radius 3 is 2.57 bits per heavy atom. The van der Waals surface area contributed by atoms with Crippen LogP contribution in [0.4, 0.5) is 16.3 Å². The van der Waals surface area contributed by atoms with Gasteiger partial charge in [0.1, 0.15) is 12.8 Å². The third kappa shape index (κ3) is 5.30. The second-order valence-electron chi connectivity index (χ2n) is 4.79. The molecule has 1 aromatic heterocycles. The number of carbonyl (C=O) groups excluding carboxylic acids is 2. The van der Waals surface area contributed by atoms with E-state index < -0.39 is 0 Å². The molecule has 0 radical (unpaired) electrons. The molecule has 23 heavy (non-hydrogen) atoms. The monoisotopic (exact) mass is 336 g/mol. The van der Waals surface area contributed by atoms with Gasteiger partial charge in [0, 0.05) is 23.3 Å². The highest BCUT2D eigenvalue weighted by molar-refractivity contribution is 6.30. The zero-order valence-electron chi connectivity index (χ0n) is 12.6. The van der Waals surface area contributed by atoms with Crippen molar-refractivity contribution >= 4 is 35.0 Å². The quantitative estimate of drug-likeness (QED) is 0.847. The van der Waals surface area contributed by atoms with Gasteiger partial charge in [0.25, 0.3) is 0 Å². The smallest absolute Gasteiger partial charge is 0.322 e. The minimum atomic E-state index is -0.357. The van der Waals surface area contributed by atoms with E-state index in [4.69, 9.17) is 11.6 Å². The molecule has 0 atom stereocenters. The van der Waals surface area contributed by atoms with E-state index in [2.05, 4.69) is 20.3 Å². The topological polar surface area (TPSA) is 87.5 Å². The lowest BCUT2D eigenvalue weighted by molar-refractivity contribution is -0.116. The third-order valence-electron chi connectivity index (χ3n) is 2.92. The predicted octanol–water partition coefficient (Wildman–Crippen LogP) is 3.21. The summed E-state index contributed by atoms with van der Waals surface area (Å²) in [6.07, 6.45) is 2.08. The van der Waals surface area contributed by atoms with Crippen LogP contribution in [0.3, 0.4) is 0 Å². The van der Waals surface area contributed by atoms with Gasteiger partial charge in [-0.2, -0.15) is 0 Å². The molecule has 0 aliphatic heterocycles. The SMILES string of the molecule is CCCN(CC(=O)Nc1ccon1)C(=O)Nc1ccc(Cl)cc1.